The maximum atomic E-state index is 6.21. The van der Waals surface area contributed by atoms with E-state index >= 15 is 0 Å². The molecule has 0 heterocycles. The second kappa shape index (κ2) is 8.19. The van der Waals surface area contributed by atoms with Gasteiger partial charge in [-0.1, -0.05) is 12.1 Å². The Hall–Kier alpha value is -4.72. The first kappa shape index (κ1) is 20.5. The van der Waals surface area contributed by atoms with Crippen molar-refractivity contribution in [2.75, 3.05) is 34.4 Å². The van der Waals surface area contributed by atoms with Gasteiger partial charge in [0.05, 0.1) is 22.7 Å². The Bertz CT molecular complexity index is 1200. The molecule has 162 valence electrons. The maximum absolute atomic E-state index is 6.21. The fourth-order valence-electron chi connectivity index (χ4n) is 3.20. The first-order valence-corrected chi connectivity index (χ1v) is 9.75. The van der Waals surface area contributed by atoms with Crippen molar-refractivity contribution < 1.29 is 9.47 Å². The van der Waals surface area contributed by atoms with E-state index in [9.17, 15) is 0 Å². The topological polar surface area (TPSA) is 175 Å². The highest BCUT2D eigenvalue weighted by Crippen LogP contribution is 2.37. The van der Waals surface area contributed by atoms with Gasteiger partial charge < -0.3 is 43.9 Å². The normalized spacial score (nSPS) is 10.6. The Morgan fingerprint density at radius 1 is 0.375 bits per heavy atom. The van der Waals surface area contributed by atoms with Crippen LogP contribution in [0, 0.1) is 0 Å². The predicted molar refractivity (Wildman–Crippen MR) is 131 cm³/mol. The van der Waals surface area contributed by atoms with Crippen LogP contribution in [0.15, 0.2) is 72.8 Å². The van der Waals surface area contributed by atoms with E-state index in [1.807, 2.05) is 12.1 Å². The fraction of sp³-hybridized carbons (Fsp3) is 0. The molecule has 0 aromatic heterocycles. The van der Waals surface area contributed by atoms with Crippen molar-refractivity contribution in [3.8, 4) is 34.1 Å². The van der Waals surface area contributed by atoms with Gasteiger partial charge in [0, 0.05) is 11.4 Å². The number of ether oxygens (including phenoxy) is 2. The van der Waals surface area contributed by atoms with Crippen molar-refractivity contribution in [2.45, 2.75) is 0 Å². The zero-order chi connectivity index (χ0) is 22.8. The second-order valence-electron chi connectivity index (χ2n) is 7.30. The van der Waals surface area contributed by atoms with Crippen LogP contribution >= 0.6 is 0 Å². The van der Waals surface area contributed by atoms with Crippen LogP contribution < -0.4 is 43.9 Å². The zero-order valence-electron chi connectivity index (χ0n) is 17.2. The van der Waals surface area contributed by atoms with Gasteiger partial charge in [-0.2, -0.15) is 0 Å². The maximum Gasteiger partial charge on any atom is 0.150 e. The Morgan fingerprint density at radius 3 is 1.00 bits per heavy atom. The molecule has 0 radical (unpaired) electrons. The van der Waals surface area contributed by atoms with Gasteiger partial charge in [-0.15, -0.1) is 0 Å². The summed E-state index contributed by atoms with van der Waals surface area (Å²) in [6.07, 6.45) is 0. The second-order valence-corrected chi connectivity index (χ2v) is 7.30. The van der Waals surface area contributed by atoms with E-state index in [-0.39, 0.29) is 0 Å². The Morgan fingerprint density at radius 2 is 0.688 bits per heavy atom. The van der Waals surface area contributed by atoms with Gasteiger partial charge in [0.2, 0.25) is 0 Å². The third-order valence-corrected chi connectivity index (χ3v) is 4.86. The molecule has 0 aliphatic rings. The van der Waals surface area contributed by atoms with Gasteiger partial charge in [0.15, 0.2) is 11.5 Å². The molecule has 8 nitrogen and oxygen atoms in total. The zero-order valence-corrected chi connectivity index (χ0v) is 17.2. The summed E-state index contributed by atoms with van der Waals surface area (Å²) in [7, 11) is 0. The summed E-state index contributed by atoms with van der Waals surface area (Å²) >= 11 is 0. The van der Waals surface area contributed by atoms with E-state index in [0.29, 0.717) is 57.1 Å². The van der Waals surface area contributed by atoms with Gasteiger partial charge in [-0.25, -0.2) is 0 Å². The summed E-state index contributed by atoms with van der Waals surface area (Å²) in [6.45, 7) is 0. The minimum Gasteiger partial charge on any atom is -0.453 e. The lowest BCUT2D eigenvalue weighted by Gasteiger charge is -2.14. The van der Waals surface area contributed by atoms with Gasteiger partial charge in [0.1, 0.15) is 11.5 Å². The van der Waals surface area contributed by atoms with E-state index in [1.54, 1.807) is 60.7 Å². The molecule has 0 unspecified atom stereocenters. The van der Waals surface area contributed by atoms with Crippen molar-refractivity contribution in [3.63, 3.8) is 0 Å². The molecule has 0 saturated heterocycles. The molecule has 4 aromatic carbocycles. The van der Waals surface area contributed by atoms with Crippen LogP contribution in [0.5, 0.6) is 23.0 Å². The molecule has 0 atom stereocenters. The lowest BCUT2D eigenvalue weighted by molar-refractivity contribution is 0.487. The third kappa shape index (κ3) is 4.24. The smallest absolute Gasteiger partial charge is 0.150 e. The van der Waals surface area contributed by atoms with Crippen LogP contribution in [0.1, 0.15) is 0 Å². The molecule has 32 heavy (non-hydrogen) atoms. The average molecular weight is 428 g/mol. The summed E-state index contributed by atoms with van der Waals surface area (Å²) in [5.74, 6) is 1.92. The van der Waals surface area contributed by atoms with Crippen LogP contribution in [0.25, 0.3) is 11.1 Å². The number of benzene rings is 4. The molecule has 0 saturated carbocycles. The minimum atomic E-state index is 0.429. The average Bonchev–Trinajstić information content (AvgIpc) is 2.74. The molecular formula is C24H24N6O2. The SMILES string of the molecule is Nc1ccc(Oc2ccc(-c3ccc(Oc4ccc(N)cc4N)c(N)c3)cc2N)c(N)c1. The van der Waals surface area contributed by atoms with Gasteiger partial charge in [0.25, 0.3) is 0 Å². The Labute approximate surface area is 185 Å². The summed E-state index contributed by atoms with van der Waals surface area (Å²) in [4.78, 5) is 0. The molecular weight excluding hydrogens is 404 g/mol. The molecule has 0 bridgehead atoms. The van der Waals surface area contributed by atoms with Crippen LogP contribution in [0.2, 0.25) is 0 Å². The number of nitrogen functional groups attached to an aromatic ring is 6. The van der Waals surface area contributed by atoms with Crippen molar-refractivity contribution >= 4 is 34.1 Å². The highest BCUT2D eigenvalue weighted by Gasteiger charge is 2.11. The monoisotopic (exact) mass is 428 g/mol. The molecule has 0 fully saturated rings. The van der Waals surface area contributed by atoms with E-state index in [0.717, 1.165) is 11.1 Å². The fourth-order valence-corrected chi connectivity index (χ4v) is 3.20. The van der Waals surface area contributed by atoms with Gasteiger partial charge >= 0.3 is 0 Å². The van der Waals surface area contributed by atoms with Crippen molar-refractivity contribution in [2.24, 2.45) is 0 Å². The molecule has 0 aliphatic heterocycles. The lowest BCUT2D eigenvalue weighted by atomic mass is 10.0. The van der Waals surface area contributed by atoms with Gasteiger partial charge in [-0.3, -0.25) is 0 Å². The molecule has 0 spiro atoms. The van der Waals surface area contributed by atoms with E-state index in [2.05, 4.69) is 0 Å². The summed E-state index contributed by atoms with van der Waals surface area (Å²) < 4.78 is 11.7. The van der Waals surface area contributed by atoms with Crippen LogP contribution in [0.4, 0.5) is 34.1 Å². The Kier molecular flexibility index (Phi) is 5.26. The number of rotatable bonds is 5. The quantitative estimate of drug-likeness (QED) is 0.253. The molecule has 12 N–H and O–H groups in total. The van der Waals surface area contributed by atoms with Gasteiger partial charge in [-0.05, 0) is 71.8 Å². The van der Waals surface area contributed by atoms with Crippen molar-refractivity contribution in [3.05, 3.63) is 72.8 Å². The highest BCUT2D eigenvalue weighted by atomic mass is 16.5. The minimum absolute atomic E-state index is 0.429. The molecule has 0 amide bonds. The first-order valence-electron chi connectivity index (χ1n) is 9.75. The number of hydrogen-bond acceptors (Lipinski definition) is 8. The lowest BCUT2D eigenvalue weighted by Crippen LogP contribution is -1.98. The number of nitrogens with two attached hydrogens (primary N) is 6. The van der Waals surface area contributed by atoms with E-state index in [1.165, 1.54) is 0 Å². The summed E-state index contributed by atoms with van der Waals surface area (Å²) in [5, 5.41) is 0. The predicted octanol–water partition coefficient (Wildman–Crippen LogP) is 4.43. The largest absolute Gasteiger partial charge is 0.453 e. The van der Waals surface area contributed by atoms with E-state index < -0.39 is 0 Å². The first-order chi connectivity index (χ1) is 15.3. The highest BCUT2D eigenvalue weighted by molar-refractivity contribution is 5.76. The molecule has 4 rings (SSSR count). The Balaban J connectivity index is 1.56. The molecule has 0 aliphatic carbocycles. The third-order valence-electron chi connectivity index (χ3n) is 4.86. The summed E-state index contributed by atoms with van der Waals surface area (Å²) in [5.41, 5.74) is 40.4. The summed E-state index contributed by atoms with van der Waals surface area (Å²) in [6, 6.07) is 21.0. The standard InChI is InChI=1S/C24H24N6O2/c25-15-3-7-23(19(29)11-15)31-21-5-1-13(9-17(21)27)14-2-6-22(18(28)10-14)32-24-8-4-16(26)12-20(24)30/h1-12H,25-30H2. The van der Waals surface area contributed by atoms with Crippen molar-refractivity contribution in [1.82, 2.24) is 0 Å². The van der Waals surface area contributed by atoms with Crippen LogP contribution in [-0.2, 0) is 0 Å². The number of hydrogen-bond donors (Lipinski definition) is 6. The molecule has 4 aromatic rings. The van der Waals surface area contributed by atoms with Crippen LogP contribution in [0.3, 0.4) is 0 Å². The van der Waals surface area contributed by atoms with E-state index in [4.69, 9.17) is 43.9 Å². The van der Waals surface area contributed by atoms with Crippen LogP contribution in [-0.4, -0.2) is 0 Å². The van der Waals surface area contributed by atoms with Crippen molar-refractivity contribution in [1.29, 1.82) is 0 Å². The number of anilines is 6. The molecule has 8 heteroatoms.